The van der Waals surface area contributed by atoms with Crippen LogP contribution < -0.4 is 10.2 Å². The third-order valence-electron chi connectivity index (χ3n) is 4.48. The van der Waals surface area contributed by atoms with Crippen LogP contribution in [-0.4, -0.2) is 34.7 Å². The molecule has 5 nitrogen and oxygen atoms in total. The van der Waals surface area contributed by atoms with Crippen LogP contribution in [0.25, 0.3) is 0 Å². The van der Waals surface area contributed by atoms with E-state index in [4.69, 9.17) is 0 Å². The molecule has 126 valence electrons. The van der Waals surface area contributed by atoms with E-state index in [1.54, 1.807) is 12.1 Å². The van der Waals surface area contributed by atoms with E-state index in [0.717, 1.165) is 42.4 Å². The van der Waals surface area contributed by atoms with E-state index in [1.165, 1.54) is 17.4 Å². The Hall–Kier alpha value is -2.02. The topological polar surface area (TPSA) is 58.1 Å². The third-order valence-corrected chi connectivity index (χ3v) is 5.44. The fraction of sp³-hybridized carbons (Fsp3) is 0.471. The zero-order chi connectivity index (χ0) is 16.5. The largest absolute Gasteiger partial charge is 0.352 e. The lowest BCUT2D eigenvalue weighted by Gasteiger charge is -2.22. The second kappa shape index (κ2) is 6.47. The van der Waals surface area contributed by atoms with Crippen molar-refractivity contribution < 1.29 is 9.18 Å². The van der Waals surface area contributed by atoms with Crippen molar-refractivity contribution in [3.63, 3.8) is 0 Å². The molecule has 2 fully saturated rings. The Bertz CT molecular complexity index is 746. The molecule has 2 heterocycles. The smallest absolute Gasteiger partial charge is 0.243 e. The van der Waals surface area contributed by atoms with Gasteiger partial charge in [0.05, 0.1) is 0 Å². The average Bonchev–Trinajstić information content (AvgIpc) is 3.08. The molecular weight excluding hydrogens is 327 g/mol. The molecule has 1 saturated heterocycles. The normalized spacial score (nSPS) is 20.4. The van der Waals surface area contributed by atoms with Crippen LogP contribution in [0.5, 0.6) is 0 Å². The molecule has 2 aliphatic rings. The van der Waals surface area contributed by atoms with Crippen LogP contribution in [0.1, 0.15) is 36.3 Å². The monoisotopic (exact) mass is 346 g/mol. The summed E-state index contributed by atoms with van der Waals surface area (Å²) in [4.78, 5) is 14.4. The molecule has 24 heavy (non-hydrogen) atoms. The number of carbonyl (C=O) groups excluding carboxylic acids is 1. The molecule has 1 atom stereocenters. The summed E-state index contributed by atoms with van der Waals surface area (Å²) in [6.07, 6.45) is 4.43. The van der Waals surface area contributed by atoms with Crippen molar-refractivity contribution in [2.24, 2.45) is 0 Å². The summed E-state index contributed by atoms with van der Waals surface area (Å²) in [5.41, 5.74) is 0.615. The molecule has 1 aliphatic carbocycles. The lowest BCUT2D eigenvalue weighted by Crippen LogP contribution is -2.44. The highest BCUT2D eigenvalue weighted by Gasteiger charge is 2.35. The lowest BCUT2D eigenvalue weighted by atomic mass is 10.1. The van der Waals surface area contributed by atoms with Crippen molar-refractivity contribution in [2.75, 3.05) is 11.4 Å². The van der Waals surface area contributed by atoms with E-state index >= 15 is 0 Å². The number of halogens is 1. The van der Waals surface area contributed by atoms with Crippen molar-refractivity contribution in [2.45, 2.75) is 44.2 Å². The summed E-state index contributed by atoms with van der Waals surface area (Å²) in [7, 11) is 0. The molecule has 1 aromatic heterocycles. The van der Waals surface area contributed by atoms with Crippen LogP contribution in [0.3, 0.4) is 0 Å². The van der Waals surface area contributed by atoms with E-state index in [1.807, 2.05) is 11.0 Å². The summed E-state index contributed by atoms with van der Waals surface area (Å²) in [5.74, 6) is -0.127. The van der Waals surface area contributed by atoms with Crippen LogP contribution >= 0.6 is 11.3 Å². The molecule has 4 rings (SSSR count). The second-order valence-electron chi connectivity index (χ2n) is 6.38. The average molecular weight is 346 g/mol. The highest BCUT2D eigenvalue weighted by molar-refractivity contribution is 7.15. The molecule has 7 heteroatoms. The van der Waals surface area contributed by atoms with E-state index in [-0.39, 0.29) is 17.8 Å². The minimum absolute atomic E-state index is 0.0980. The maximum absolute atomic E-state index is 13.8. The Morgan fingerprint density at radius 1 is 1.29 bits per heavy atom. The summed E-state index contributed by atoms with van der Waals surface area (Å²) in [6.45, 7) is 0.817. The SMILES string of the molecule is O=C(NC1CC1)C1CCCN1c1nnc(Cc2ccccc2F)s1. The molecule has 1 N–H and O–H groups in total. The number of benzene rings is 1. The minimum atomic E-state index is -0.225. The Kier molecular flexibility index (Phi) is 4.18. The van der Waals surface area contributed by atoms with E-state index < -0.39 is 0 Å². The highest BCUT2D eigenvalue weighted by atomic mass is 32.1. The molecule has 0 bridgehead atoms. The van der Waals surface area contributed by atoms with E-state index in [2.05, 4.69) is 15.5 Å². The molecule has 1 saturated carbocycles. The Morgan fingerprint density at radius 2 is 2.12 bits per heavy atom. The zero-order valence-electron chi connectivity index (χ0n) is 13.2. The predicted octanol–water partition coefficient (Wildman–Crippen LogP) is 2.52. The quantitative estimate of drug-likeness (QED) is 0.904. The number of nitrogens with one attached hydrogen (secondary N) is 1. The Balaban J connectivity index is 1.47. The number of amides is 1. The van der Waals surface area contributed by atoms with Crippen molar-refractivity contribution in [1.82, 2.24) is 15.5 Å². The first-order valence-corrected chi connectivity index (χ1v) is 9.15. The molecule has 0 radical (unpaired) electrons. The van der Waals surface area contributed by atoms with Gasteiger partial charge in [-0.3, -0.25) is 4.79 Å². The third kappa shape index (κ3) is 3.26. The first-order chi connectivity index (χ1) is 11.7. The van der Waals surface area contributed by atoms with Gasteiger partial charge in [0, 0.05) is 19.0 Å². The van der Waals surface area contributed by atoms with Gasteiger partial charge in [0.2, 0.25) is 11.0 Å². The fourth-order valence-electron chi connectivity index (χ4n) is 3.03. The number of carbonyl (C=O) groups is 1. The fourth-order valence-corrected chi connectivity index (χ4v) is 3.97. The van der Waals surface area contributed by atoms with Gasteiger partial charge < -0.3 is 10.2 Å². The molecule has 1 amide bonds. The standard InChI is InChI=1S/C17H19FN4OS/c18-13-5-2-1-4-11(13)10-15-20-21-17(24-15)22-9-3-6-14(22)16(23)19-12-7-8-12/h1-2,4-5,12,14H,3,6-10H2,(H,19,23). The maximum Gasteiger partial charge on any atom is 0.243 e. The van der Waals surface area contributed by atoms with Crippen molar-refractivity contribution in [1.29, 1.82) is 0 Å². The van der Waals surface area contributed by atoms with Gasteiger partial charge in [-0.1, -0.05) is 29.5 Å². The van der Waals surface area contributed by atoms with Gasteiger partial charge in [-0.2, -0.15) is 0 Å². The highest BCUT2D eigenvalue weighted by Crippen LogP contribution is 2.30. The number of rotatable bonds is 5. The van der Waals surface area contributed by atoms with E-state index in [9.17, 15) is 9.18 Å². The van der Waals surface area contributed by atoms with Crippen LogP contribution in [-0.2, 0) is 11.2 Å². The molecular formula is C17H19FN4OS. The first-order valence-electron chi connectivity index (χ1n) is 8.33. The molecule has 1 unspecified atom stereocenters. The number of aromatic nitrogens is 2. The first kappa shape index (κ1) is 15.5. The van der Waals surface area contributed by atoms with Gasteiger partial charge in [0.1, 0.15) is 16.9 Å². The Labute approximate surface area is 143 Å². The van der Waals surface area contributed by atoms with Crippen LogP contribution in [0.4, 0.5) is 9.52 Å². The van der Waals surface area contributed by atoms with Crippen molar-refractivity contribution in [3.05, 3.63) is 40.7 Å². The lowest BCUT2D eigenvalue weighted by molar-refractivity contribution is -0.122. The zero-order valence-corrected chi connectivity index (χ0v) is 14.1. The molecule has 2 aromatic rings. The summed E-state index contributed by atoms with van der Waals surface area (Å²) in [6, 6.07) is 6.93. The van der Waals surface area contributed by atoms with Gasteiger partial charge in [-0.15, -0.1) is 10.2 Å². The maximum atomic E-state index is 13.8. The molecule has 1 aliphatic heterocycles. The number of anilines is 1. The summed E-state index contributed by atoms with van der Waals surface area (Å²) >= 11 is 1.45. The van der Waals surface area contributed by atoms with Crippen LogP contribution in [0, 0.1) is 5.82 Å². The molecule has 0 spiro atoms. The summed E-state index contributed by atoms with van der Waals surface area (Å²) < 4.78 is 13.8. The van der Waals surface area contributed by atoms with Gasteiger partial charge in [-0.05, 0) is 37.3 Å². The minimum Gasteiger partial charge on any atom is -0.352 e. The summed E-state index contributed by atoms with van der Waals surface area (Å²) in [5, 5.41) is 13.0. The Morgan fingerprint density at radius 3 is 2.92 bits per heavy atom. The molecule has 1 aromatic carbocycles. The van der Waals surface area contributed by atoms with Crippen molar-refractivity contribution >= 4 is 22.4 Å². The van der Waals surface area contributed by atoms with Gasteiger partial charge >= 0.3 is 0 Å². The van der Waals surface area contributed by atoms with Gasteiger partial charge in [0.15, 0.2) is 0 Å². The van der Waals surface area contributed by atoms with Gasteiger partial charge in [0.25, 0.3) is 0 Å². The van der Waals surface area contributed by atoms with Crippen LogP contribution in [0.15, 0.2) is 24.3 Å². The van der Waals surface area contributed by atoms with E-state index in [0.29, 0.717) is 18.0 Å². The predicted molar refractivity (Wildman–Crippen MR) is 90.6 cm³/mol. The van der Waals surface area contributed by atoms with Crippen molar-refractivity contribution in [3.8, 4) is 0 Å². The van der Waals surface area contributed by atoms with Crippen LogP contribution in [0.2, 0.25) is 0 Å². The van der Waals surface area contributed by atoms with Gasteiger partial charge in [-0.25, -0.2) is 4.39 Å². The number of nitrogens with zero attached hydrogens (tertiary/aromatic N) is 3. The second-order valence-corrected chi connectivity index (χ2v) is 7.42. The number of hydrogen-bond acceptors (Lipinski definition) is 5. The number of hydrogen-bond donors (Lipinski definition) is 1.